The normalized spacial score (nSPS) is 10.1. The molecule has 2 rings (SSSR count). The van der Waals surface area contributed by atoms with Crippen LogP contribution in [0.15, 0.2) is 36.5 Å². The Morgan fingerprint density at radius 1 is 1.12 bits per heavy atom. The van der Waals surface area contributed by atoms with E-state index in [0.717, 1.165) is 22.8 Å². The molecule has 82 valence electrons. The van der Waals surface area contributed by atoms with Crippen LogP contribution in [0.3, 0.4) is 0 Å². The van der Waals surface area contributed by atoms with Crippen LogP contribution in [0.5, 0.6) is 0 Å². The summed E-state index contributed by atoms with van der Waals surface area (Å²) in [6.45, 7) is 1.97. The van der Waals surface area contributed by atoms with E-state index in [9.17, 15) is 0 Å². The third-order valence-corrected chi connectivity index (χ3v) is 2.42. The predicted octanol–water partition coefficient (Wildman–Crippen LogP) is 2.30. The number of nitrogens with two attached hydrogens (primary N) is 2. The number of nitrogen functional groups attached to an aromatic ring is 2. The SMILES string of the molecule is Cc1c(N)cccc1Nc1ccc(N)cn1. The molecule has 1 heterocycles. The Hall–Kier alpha value is -2.23. The molecule has 0 fully saturated rings. The molecule has 0 spiro atoms. The minimum Gasteiger partial charge on any atom is -0.398 e. The van der Waals surface area contributed by atoms with Gasteiger partial charge in [0.1, 0.15) is 5.82 Å². The zero-order valence-electron chi connectivity index (χ0n) is 9.07. The molecule has 0 radical (unpaired) electrons. The summed E-state index contributed by atoms with van der Waals surface area (Å²) in [7, 11) is 0. The van der Waals surface area contributed by atoms with E-state index in [1.165, 1.54) is 0 Å². The number of hydrogen-bond donors (Lipinski definition) is 3. The molecule has 5 N–H and O–H groups in total. The quantitative estimate of drug-likeness (QED) is 0.670. The van der Waals surface area contributed by atoms with Crippen molar-refractivity contribution < 1.29 is 0 Å². The summed E-state index contributed by atoms with van der Waals surface area (Å²) in [6.07, 6.45) is 1.62. The number of anilines is 4. The molecular formula is C12H14N4. The third kappa shape index (κ3) is 2.06. The fourth-order valence-electron chi connectivity index (χ4n) is 1.41. The van der Waals surface area contributed by atoms with Crippen molar-refractivity contribution in [3.8, 4) is 0 Å². The van der Waals surface area contributed by atoms with Crippen molar-refractivity contribution in [1.82, 2.24) is 4.98 Å². The number of nitrogens with zero attached hydrogens (tertiary/aromatic N) is 1. The summed E-state index contributed by atoms with van der Waals surface area (Å²) in [6, 6.07) is 9.37. The summed E-state index contributed by atoms with van der Waals surface area (Å²) < 4.78 is 0. The van der Waals surface area contributed by atoms with Crippen LogP contribution >= 0.6 is 0 Å². The van der Waals surface area contributed by atoms with Crippen LogP contribution < -0.4 is 16.8 Å². The molecule has 0 saturated carbocycles. The van der Waals surface area contributed by atoms with Crippen molar-refractivity contribution in [3.63, 3.8) is 0 Å². The van der Waals surface area contributed by atoms with Gasteiger partial charge in [-0.05, 0) is 36.8 Å². The molecule has 0 bridgehead atoms. The lowest BCUT2D eigenvalue weighted by molar-refractivity contribution is 1.30. The topological polar surface area (TPSA) is 77.0 Å². The number of nitrogens with one attached hydrogen (secondary N) is 1. The van der Waals surface area contributed by atoms with Crippen LogP contribution in [0.2, 0.25) is 0 Å². The highest BCUT2D eigenvalue weighted by Crippen LogP contribution is 2.23. The second-order valence-corrected chi connectivity index (χ2v) is 3.62. The molecule has 1 aromatic heterocycles. The second kappa shape index (κ2) is 4.10. The maximum absolute atomic E-state index is 5.82. The van der Waals surface area contributed by atoms with Crippen LogP contribution in [0, 0.1) is 6.92 Å². The van der Waals surface area contributed by atoms with Crippen molar-refractivity contribution in [3.05, 3.63) is 42.1 Å². The van der Waals surface area contributed by atoms with Crippen molar-refractivity contribution >= 4 is 22.9 Å². The molecule has 16 heavy (non-hydrogen) atoms. The summed E-state index contributed by atoms with van der Waals surface area (Å²) in [4.78, 5) is 4.17. The van der Waals surface area contributed by atoms with E-state index < -0.39 is 0 Å². The van der Waals surface area contributed by atoms with Gasteiger partial charge in [0, 0.05) is 11.4 Å². The molecular weight excluding hydrogens is 200 g/mol. The molecule has 4 heteroatoms. The number of aromatic nitrogens is 1. The molecule has 2 aromatic rings. The third-order valence-electron chi connectivity index (χ3n) is 2.42. The lowest BCUT2D eigenvalue weighted by Gasteiger charge is -2.10. The molecule has 0 atom stereocenters. The van der Waals surface area contributed by atoms with Gasteiger partial charge in [-0.3, -0.25) is 0 Å². The highest BCUT2D eigenvalue weighted by atomic mass is 15.0. The monoisotopic (exact) mass is 214 g/mol. The summed E-state index contributed by atoms with van der Waals surface area (Å²) >= 11 is 0. The first kappa shape index (κ1) is 10.3. The first-order valence-corrected chi connectivity index (χ1v) is 5.00. The Labute approximate surface area is 94.3 Å². The maximum atomic E-state index is 5.82. The van der Waals surface area contributed by atoms with Crippen LogP contribution in [0.4, 0.5) is 22.9 Å². The van der Waals surface area contributed by atoms with Gasteiger partial charge in [0.15, 0.2) is 0 Å². The summed E-state index contributed by atoms with van der Waals surface area (Å²) in [5.74, 6) is 0.753. The zero-order chi connectivity index (χ0) is 11.5. The van der Waals surface area contributed by atoms with E-state index in [1.807, 2.05) is 31.2 Å². The fraction of sp³-hybridized carbons (Fsp3) is 0.0833. The second-order valence-electron chi connectivity index (χ2n) is 3.62. The van der Waals surface area contributed by atoms with Crippen molar-refractivity contribution in [2.45, 2.75) is 6.92 Å². The molecule has 0 aliphatic heterocycles. The lowest BCUT2D eigenvalue weighted by atomic mass is 10.1. The van der Waals surface area contributed by atoms with Gasteiger partial charge in [0.2, 0.25) is 0 Å². The molecule has 4 nitrogen and oxygen atoms in total. The Morgan fingerprint density at radius 3 is 2.62 bits per heavy atom. The number of benzene rings is 1. The van der Waals surface area contributed by atoms with Gasteiger partial charge in [-0.2, -0.15) is 0 Å². The van der Waals surface area contributed by atoms with Crippen LogP contribution in [0.25, 0.3) is 0 Å². The zero-order valence-corrected chi connectivity index (χ0v) is 9.07. The van der Waals surface area contributed by atoms with Crippen LogP contribution in [0.1, 0.15) is 5.56 Å². The smallest absolute Gasteiger partial charge is 0.130 e. The van der Waals surface area contributed by atoms with E-state index in [2.05, 4.69) is 10.3 Å². The minimum atomic E-state index is 0.648. The fourth-order valence-corrected chi connectivity index (χ4v) is 1.41. The summed E-state index contributed by atoms with van der Waals surface area (Å²) in [5.41, 5.74) is 14.8. The molecule has 0 unspecified atom stereocenters. The minimum absolute atomic E-state index is 0.648. The van der Waals surface area contributed by atoms with E-state index in [4.69, 9.17) is 11.5 Å². The van der Waals surface area contributed by atoms with Crippen molar-refractivity contribution in [2.75, 3.05) is 16.8 Å². The van der Waals surface area contributed by atoms with Gasteiger partial charge in [-0.1, -0.05) is 6.07 Å². The number of hydrogen-bond acceptors (Lipinski definition) is 4. The highest BCUT2D eigenvalue weighted by Gasteiger charge is 2.01. The van der Waals surface area contributed by atoms with E-state index in [-0.39, 0.29) is 0 Å². The number of rotatable bonds is 2. The van der Waals surface area contributed by atoms with E-state index in [0.29, 0.717) is 5.69 Å². The predicted molar refractivity (Wildman–Crippen MR) is 67.5 cm³/mol. The van der Waals surface area contributed by atoms with Gasteiger partial charge in [-0.15, -0.1) is 0 Å². The number of pyridine rings is 1. The standard InChI is InChI=1S/C12H14N4/c1-8-10(14)3-2-4-11(8)16-12-6-5-9(13)7-15-12/h2-7H,13-14H2,1H3,(H,15,16). The first-order chi connectivity index (χ1) is 7.66. The maximum Gasteiger partial charge on any atom is 0.130 e. The largest absolute Gasteiger partial charge is 0.398 e. The molecule has 0 saturated heterocycles. The highest BCUT2D eigenvalue weighted by molar-refractivity contribution is 5.67. The molecule has 0 aliphatic rings. The van der Waals surface area contributed by atoms with E-state index in [1.54, 1.807) is 12.3 Å². The Bertz CT molecular complexity index is 491. The van der Waals surface area contributed by atoms with Crippen molar-refractivity contribution in [1.29, 1.82) is 0 Å². The summed E-state index contributed by atoms with van der Waals surface area (Å²) in [5, 5.41) is 3.19. The van der Waals surface area contributed by atoms with E-state index >= 15 is 0 Å². The van der Waals surface area contributed by atoms with Crippen LogP contribution in [-0.4, -0.2) is 4.98 Å². The lowest BCUT2D eigenvalue weighted by Crippen LogP contribution is -1.98. The van der Waals surface area contributed by atoms with Crippen molar-refractivity contribution in [2.24, 2.45) is 0 Å². The molecule has 0 amide bonds. The first-order valence-electron chi connectivity index (χ1n) is 5.00. The Morgan fingerprint density at radius 2 is 1.94 bits per heavy atom. The Balaban J connectivity index is 2.27. The van der Waals surface area contributed by atoms with Gasteiger partial charge >= 0.3 is 0 Å². The Kier molecular flexibility index (Phi) is 2.64. The van der Waals surface area contributed by atoms with Gasteiger partial charge in [0.25, 0.3) is 0 Å². The van der Waals surface area contributed by atoms with Gasteiger partial charge in [0.05, 0.1) is 11.9 Å². The van der Waals surface area contributed by atoms with Gasteiger partial charge in [-0.25, -0.2) is 4.98 Å². The molecule has 0 aliphatic carbocycles. The average molecular weight is 214 g/mol. The van der Waals surface area contributed by atoms with Gasteiger partial charge < -0.3 is 16.8 Å². The van der Waals surface area contributed by atoms with Crippen LogP contribution in [-0.2, 0) is 0 Å². The average Bonchev–Trinajstić information content (AvgIpc) is 2.28. The molecule has 1 aromatic carbocycles.